The number of nitro benzene ring substituents is 3. The number of carboxylic acids is 1. The minimum atomic E-state index is -1.04. The van der Waals surface area contributed by atoms with Crippen LogP contribution in [0.4, 0.5) is 40.3 Å². The number of hydrogen-bond acceptors (Lipinski definition) is 25. The summed E-state index contributed by atoms with van der Waals surface area (Å²) in [5.74, 6) is -1.83. The van der Waals surface area contributed by atoms with Crippen LogP contribution in [0.3, 0.4) is 0 Å². The number of hydrogen-bond donors (Lipinski definition) is 2. The van der Waals surface area contributed by atoms with Crippen molar-refractivity contribution in [3.63, 3.8) is 0 Å². The van der Waals surface area contributed by atoms with Crippen LogP contribution >= 0.6 is 0 Å². The van der Waals surface area contributed by atoms with Gasteiger partial charge in [0.05, 0.1) is 103 Å². The first-order chi connectivity index (χ1) is 52.2. The molecule has 0 aliphatic rings. The summed E-state index contributed by atoms with van der Waals surface area (Å²) in [6.07, 6.45) is 6.95. The molecule has 8 aromatic carbocycles. The molecule has 0 amide bonds. The molecule has 0 radical (unpaired) electrons. The molecule has 0 spiro atoms. The molecule has 0 unspecified atom stereocenters. The third-order valence-electron chi connectivity index (χ3n) is 16.1. The number of carbonyl (C=O) groups excluding carboxylic acids is 3. The standard InChI is InChI=1S/C20H17FN2O5.C20H19FN2O3.C19H15FN2O6.C18H13FN2O6.Li.2H2O/c1-3-14(24)8-12-9-15-17(11-20(12)27-2)22-7-6-18(15)28-19-5-4-13(23(25)26)10-16(19)21;1-3-14(24)8-12-9-15-17(11-20(12)25-2)23-7-6-18(15)26-19-5-4-13(22)10-16(19)21;1-26-18-10-15-13(7-11(18)8-19(23)27-2)16(5-6-21-15)28-17-4-3-12(22(24)25)9-14(17)20;1-26-17-9-14-12(6-10(17)7-18(22)23)15(4-5-20-14)27-16-3-2-11(21(24)25)8-13(16)19;;;/h4-7,9-11H,3,8H2,1-2H3;4-7,9-11H,3,8,22H2,1-2H3;3-7,9-10H,8H2,1-2H3;2-6,8-9H,7H2,1H3,(H,22,23);;2*1H2/q;;;;+1;;/p-1. The summed E-state index contributed by atoms with van der Waals surface area (Å²) in [5.41, 5.74) is 9.24. The van der Waals surface area contributed by atoms with E-state index in [-0.39, 0.29) is 113 Å². The number of fused-ring (bicyclic) bond motifs is 4. The molecule has 12 rings (SSSR count). The van der Waals surface area contributed by atoms with Crippen LogP contribution in [0.2, 0.25) is 0 Å². The van der Waals surface area contributed by atoms with Gasteiger partial charge in [-0.3, -0.25) is 69.5 Å². The van der Waals surface area contributed by atoms with Crippen molar-refractivity contribution < 1.29 is 129 Å². The first-order valence-electron chi connectivity index (χ1n) is 32.5. The van der Waals surface area contributed by atoms with Crippen LogP contribution in [0.25, 0.3) is 43.6 Å². The van der Waals surface area contributed by atoms with E-state index < -0.39 is 55.7 Å². The fraction of sp³-hybridized carbons (Fsp3) is 0.169. The fourth-order valence-electron chi connectivity index (χ4n) is 10.6. The second-order valence-electron chi connectivity index (χ2n) is 23.1. The number of nitrogens with zero attached hydrogens (tertiary/aromatic N) is 7. The maximum atomic E-state index is 14.2. The molecule has 0 aliphatic carbocycles. The zero-order valence-corrected chi connectivity index (χ0v) is 60.8. The maximum absolute atomic E-state index is 14.2. The van der Waals surface area contributed by atoms with Crippen LogP contribution < -0.4 is 62.5 Å². The predicted molar refractivity (Wildman–Crippen MR) is 394 cm³/mol. The number of rotatable bonds is 25. The van der Waals surface area contributed by atoms with Gasteiger partial charge < -0.3 is 64.4 Å². The molecular formula is C77H67F4LiN8O22. The van der Waals surface area contributed by atoms with Crippen LogP contribution in [0.1, 0.15) is 48.9 Å². The number of esters is 1. The quantitative estimate of drug-likeness (QED) is 0.0134. The second kappa shape index (κ2) is 40.0. The summed E-state index contributed by atoms with van der Waals surface area (Å²) in [4.78, 5) is 93.6. The van der Waals surface area contributed by atoms with Gasteiger partial charge in [-0.2, -0.15) is 0 Å². The molecule has 112 heavy (non-hydrogen) atoms. The number of nitro groups is 3. The van der Waals surface area contributed by atoms with E-state index in [9.17, 15) is 67.1 Å². The molecule has 576 valence electrons. The van der Waals surface area contributed by atoms with Gasteiger partial charge in [-0.15, -0.1) is 0 Å². The van der Waals surface area contributed by atoms with Crippen molar-refractivity contribution in [2.24, 2.45) is 0 Å². The Morgan fingerprint density at radius 1 is 0.393 bits per heavy atom. The Labute approximate surface area is 644 Å². The molecule has 4 heterocycles. The van der Waals surface area contributed by atoms with Gasteiger partial charge in [0.2, 0.25) is 0 Å². The van der Waals surface area contributed by atoms with E-state index in [4.69, 9.17) is 53.5 Å². The summed E-state index contributed by atoms with van der Waals surface area (Å²) in [6.45, 7) is 3.60. The third kappa shape index (κ3) is 21.8. The van der Waals surface area contributed by atoms with Crippen molar-refractivity contribution >= 4 is 89.9 Å². The van der Waals surface area contributed by atoms with E-state index in [2.05, 4.69) is 19.9 Å². The largest absolute Gasteiger partial charge is 1.00 e. The van der Waals surface area contributed by atoms with E-state index in [1.807, 2.05) is 6.92 Å². The number of methoxy groups -OCH3 is 5. The van der Waals surface area contributed by atoms with E-state index in [1.54, 1.807) is 87.0 Å². The van der Waals surface area contributed by atoms with E-state index in [0.717, 1.165) is 48.0 Å². The SMILES string of the molecule is CCC(=O)Cc1cc2c(Oc3ccc(N)cc3F)ccnc2cc1OC.CCC(=O)Cc1cc2c(Oc3ccc([N+](=O)[O-])cc3F)ccnc2cc1OC.COC(=O)Cc1cc2c(Oc3ccc([N+](=O)[O-])cc3F)ccnc2cc1OC.COc1cc2nccc(Oc3ccc([N+](=O)[O-])cc3F)c2cc1CC(=O)O.O.[Li+].[OH-]. The minimum absolute atomic E-state index is 0. The molecule has 0 bridgehead atoms. The van der Waals surface area contributed by atoms with Gasteiger partial charge in [0.1, 0.15) is 57.6 Å². The molecule has 35 heteroatoms. The number of carboxylic acid groups (broad SMARTS) is 1. The van der Waals surface area contributed by atoms with Crippen molar-refractivity contribution in [1.29, 1.82) is 0 Å². The number of aromatic nitrogens is 4. The smallest absolute Gasteiger partial charge is 0.870 e. The van der Waals surface area contributed by atoms with Gasteiger partial charge in [-0.1, -0.05) is 13.8 Å². The molecule has 0 saturated heterocycles. The average molecular weight is 1540 g/mol. The van der Waals surface area contributed by atoms with Crippen molar-refractivity contribution in [3.05, 3.63) is 246 Å². The average Bonchev–Trinajstić information content (AvgIpc) is 0.803. The summed E-state index contributed by atoms with van der Waals surface area (Å²) >= 11 is 0. The molecule has 0 fully saturated rings. The first-order valence-corrected chi connectivity index (χ1v) is 32.5. The summed E-state index contributed by atoms with van der Waals surface area (Å²) in [6, 6.07) is 33.1. The Hall–Kier alpha value is -13.7. The van der Waals surface area contributed by atoms with E-state index in [0.29, 0.717) is 113 Å². The number of carbonyl (C=O) groups is 4. The van der Waals surface area contributed by atoms with E-state index in [1.165, 1.54) is 83.4 Å². The summed E-state index contributed by atoms with van der Waals surface area (Å²) in [5, 5.41) is 43.5. The molecule has 0 aliphatic heterocycles. The Bertz CT molecular complexity index is 5340. The molecular weight excluding hydrogens is 1470 g/mol. The minimum Gasteiger partial charge on any atom is -0.870 e. The number of nitrogen functional groups attached to an aromatic ring is 1. The van der Waals surface area contributed by atoms with Crippen LogP contribution in [-0.4, -0.2) is 110 Å². The number of halogens is 4. The number of anilines is 1. The molecule has 0 saturated carbocycles. The summed E-state index contributed by atoms with van der Waals surface area (Å²) < 4.78 is 105. The van der Waals surface area contributed by atoms with Gasteiger partial charge in [0, 0.05) is 148 Å². The Balaban J connectivity index is 0.000000231. The third-order valence-corrected chi connectivity index (χ3v) is 16.1. The Kier molecular flexibility index (Phi) is 31.1. The van der Waals surface area contributed by atoms with Gasteiger partial charge in [-0.25, -0.2) is 17.6 Å². The maximum Gasteiger partial charge on any atom is 1.00 e. The van der Waals surface area contributed by atoms with Gasteiger partial charge in [0.25, 0.3) is 17.1 Å². The van der Waals surface area contributed by atoms with Crippen LogP contribution in [0.5, 0.6) is 69.0 Å². The van der Waals surface area contributed by atoms with Gasteiger partial charge in [-0.05, 0) is 78.9 Å². The number of nitrogens with two attached hydrogens (primary N) is 1. The van der Waals surface area contributed by atoms with Crippen molar-refractivity contribution in [2.75, 3.05) is 41.3 Å². The monoisotopic (exact) mass is 1540 g/mol. The van der Waals surface area contributed by atoms with Crippen molar-refractivity contribution in [1.82, 2.24) is 19.9 Å². The first kappa shape index (κ1) is 87.2. The molecule has 30 nitrogen and oxygen atoms in total. The topological polar surface area (TPSA) is 440 Å². The van der Waals surface area contributed by atoms with Gasteiger partial charge in [0.15, 0.2) is 46.3 Å². The number of non-ortho nitro benzene ring substituents is 3. The molecule has 0 atom stereocenters. The van der Waals surface area contributed by atoms with Crippen LogP contribution in [0, 0.1) is 53.6 Å². The van der Waals surface area contributed by atoms with Crippen molar-refractivity contribution in [2.45, 2.75) is 52.4 Å². The predicted octanol–water partition coefficient (Wildman–Crippen LogP) is 12.4. The normalized spacial score (nSPS) is 10.3. The van der Waals surface area contributed by atoms with Crippen LogP contribution in [-0.2, 0) is 49.6 Å². The number of ketones is 2. The van der Waals surface area contributed by atoms with Crippen molar-refractivity contribution in [3.8, 4) is 69.0 Å². The number of pyridine rings is 4. The molecule has 4 aromatic heterocycles. The van der Waals surface area contributed by atoms with Gasteiger partial charge >= 0.3 is 30.8 Å². The summed E-state index contributed by atoms with van der Waals surface area (Å²) in [7, 11) is 7.22. The Morgan fingerprint density at radius 3 is 0.902 bits per heavy atom. The molecule has 12 aromatic rings. The van der Waals surface area contributed by atoms with E-state index >= 15 is 0 Å². The fourth-order valence-corrected chi connectivity index (χ4v) is 10.6. The second-order valence-corrected chi connectivity index (χ2v) is 23.1. The number of benzene rings is 8. The number of aliphatic carboxylic acids is 1. The molecule has 6 N–H and O–H groups in total. The zero-order chi connectivity index (χ0) is 78.8. The number of ether oxygens (including phenoxy) is 9. The Morgan fingerprint density at radius 2 is 0.661 bits per heavy atom. The zero-order valence-electron chi connectivity index (χ0n) is 60.8. The van der Waals surface area contributed by atoms with Crippen LogP contribution in [0.15, 0.2) is 170 Å². The number of Topliss-reactive ketones (excluding diaryl/α,β-unsaturated/α-hetero) is 2.